The number of fused-ring (bicyclic) bond motifs is 1. The van der Waals surface area contributed by atoms with Gasteiger partial charge >= 0.3 is 0 Å². The average molecular weight is 529 g/mol. The summed E-state index contributed by atoms with van der Waals surface area (Å²) in [6, 6.07) is 13.1. The number of anilines is 4. The van der Waals surface area contributed by atoms with E-state index in [1.165, 1.54) is 6.08 Å². The summed E-state index contributed by atoms with van der Waals surface area (Å²) in [5.41, 5.74) is 4.13. The lowest BCUT2D eigenvalue weighted by Gasteiger charge is -2.26. The van der Waals surface area contributed by atoms with E-state index >= 15 is 0 Å². The van der Waals surface area contributed by atoms with Crippen molar-refractivity contribution in [2.24, 2.45) is 0 Å². The number of hydrogen-bond donors (Lipinski definition) is 2. The van der Waals surface area contributed by atoms with Crippen LogP contribution in [0, 0.1) is 0 Å². The SMILES string of the molecule is [B]C([B])([B])n1cc(-c2ccnc(Nc3cc(NC(=O)C=C)c(N(C)CCN(C)C)cc3OC)n2)c2ccccc21. The summed E-state index contributed by atoms with van der Waals surface area (Å²) in [6.45, 7) is 5.13. The number of para-hydroxylation sites is 1. The van der Waals surface area contributed by atoms with E-state index in [4.69, 9.17) is 33.3 Å². The van der Waals surface area contributed by atoms with E-state index in [0.717, 1.165) is 35.2 Å². The van der Waals surface area contributed by atoms with E-state index in [9.17, 15) is 4.79 Å². The second kappa shape index (κ2) is 11.9. The molecule has 2 aromatic heterocycles. The Balaban J connectivity index is 1.74. The molecule has 1 amide bonds. The van der Waals surface area contributed by atoms with E-state index in [2.05, 4.69) is 27.1 Å². The second-order valence-corrected chi connectivity index (χ2v) is 9.70. The minimum absolute atomic E-state index is 0.321. The fourth-order valence-electron chi connectivity index (χ4n) is 4.30. The summed E-state index contributed by atoms with van der Waals surface area (Å²) in [6.07, 6.45) is 4.65. The third-order valence-corrected chi connectivity index (χ3v) is 6.36. The number of methoxy groups -OCH3 is 1. The number of ether oxygens (including phenoxy) is 1. The van der Waals surface area contributed by atoms with Crippen LogP contribution in [0.2, 0.25) is 0 Å². The number of carbonyl (C=O) groups excluding carboxylic acids is 1. The lowest BCUT2D eigenvalue weighted by molar-refractivity contribution is -0.111. The maximum atomic E-state index is 12.3. The second-order valence-electron chi connectivity index (χ2n) is 9.70. The summed E-state index contributed by atoms with van der Waals surface area (Å²) >= 11 is 0. The zero-order valence-corrected chi connectivity index (χ0v) is 23.2. The molecule has 0 aliphatic carbocycles. The maximum absolute atomic E-state index is 12.3. The van der Waals surface area contributed by atoms with Crippen molar-refractivity contribution in [2.75, 3.05) is 56.9 Å². The van der Waals surface area contributed by atoms with E-state index in [-0.39, 0.29) is 5.91 Å². The molecule has 6 radical (unpaired) electrons. The third-order valence-electron chi connectivity index (χ3n) is 6.36. The van der Waals surface area contributed by atoms with Crippen LogP contribution in [0.3, 0.4) is 0 Å². The minimum atomic E-state index is -1.59. The van der Waals surface area contributed by atoms with Crippen molar-refractivity contribution in [2.45, 2.75) is 5.24 Å². The van der Waals surface area contributed by atoms with Crippen LogP contribution in [-0.2, 0) is 10.0 Å². The summed E-state index contributed by atoms with van der Waals surface area (Å²) < 4.78 is 7.31. The molecule has 2 N–H and O–H groups in total. The lowest BCUT2D eigenvalue weighted by Crippen LogP contribution is -2.34. The van der Waals surface area contributed by atoms with Crippen LogP contribution < -0.4 is 20.3 Å². The summed E-state index contributed by atoms with van der Waals surface area (Å²) in [5, 5.41) is 5.42. The molecule has 0 aliphatic rings. The Morgan fingerprint density at radius 3 is 2.55 bits per heavy atom. The fourth-order valence-corrected chi connectivity index (χ4v) is 4.30. The average Bonchev–Trinajstić information content (AvgIpc) is 3.32. The number of nitrogens with zero attached hydrogens (tertiary/aromatic N) is 5. The molecule has 0 spiro atoms. The number of benzene rings is 2. The molecule has 40 heavy (non-hydrogen) atoms. The summed E-state index contributed by atoms with van der Waals surface area (Å²) in [4.78, 5) is 25.5. The first-order chi connectivity index (χ1) is 19.0. The number of amides is 1. The number of carbonyl (C=O) groups is 1. The van der Waals surface area contributed by atoms with Crippen LogP contribution in [0.15, 0.2) is 67.5 Å². The number of nitrogens with one attached hydrogen (secondary N) is 2. The molecule has 198 valence electrons. The van der Waals surface area contributed by atoms with Gasteiger partial charge in [-0.25, -0.2) is 9.97 Å². The van der Waals surface area contributed by atoms with Gasteiger partial charge in [-0.2, -0.15) is 0 Å². The first-order valence-electron chi connectivity index (χ1n) is 12.6. The maximum Gasteiger partial charge on any atom is 0.247 e. The molecule has 0 atom stereocenters. The number of likely N-dealkylation sites (N-methyl/N-ethyl adjacent to an activating group) is 2. The normalized spacial score (nSPS) is 11.4. The summed E-state index contributed by atoms with van der Waals surface area (Å²) in [7, 11) is 25.6. The van der Waals surface area contributed by atoms with Crippen molar-refractivity contribution in [3.63, 3.8) is 0 Å². The van der Waals surface area contributed by atoms with Gasteiger partial charge in [0.15, 0.2) is 0 Å². The highest BCUT2D eigenvalue weighted by Gasteiger charge is 2.20. The van der Waals surface area contributed by atoms with E-state index < -0.39 is 5.24 Å². The largest absolute Gasteiger partial charge is 0.494 e. The van der Waals surface area contributed by atoms with Crippen molar-refractivity contribution >= 4 is 63.4 Å². The van der Waals surface area contributed by atoms with Gasteiger partial charge in [-0.15, -0.1) is 0 Å². The molecule has 12 heteroatoms. The molecular weight excluding hydrogens is 499 g/mol. The highest BCUT2D eigenvalue weighted by atomic mass is 16.5. The smallest absolute Gasteiger partial charge is 0.247 e. The van der Waals surface area contributed by atoms with Crippen molar-refractivity contribution in [3.05, 3.63) is 67.5 Å². The van der Waals surface area contributed by atoms with Crippen molar-refractivity contribution in [1.82, 2.24) is 19.4 Å². The van der Waals surface area contributed by atoms with E-state index in [0.29, 0.717) is 28.8 Å². The highest BCUT2D eigenvalue weighted by Crippen LogP contribution is 2.38. The van der Waals surface area contributed by atoms with Crippen molar-refractivity contribution < 1.29 is 9.53 Å². The Morgan fingerprint density at radius 2 is 1.88 bits per heavy atom. The molecule has 9 nitrogen and oxygen atoms in total. The van der Waals surface area contributed by atoms with Gasteiger partial charge in [-0.05, 0) is 38.4 Å². The zero-order chi connectivity index (χ0) is 29.0. The van der Waals surface area contributed by atoms with Gasteiger partial charge in [0.25, 0.3) is 0 Å². The molecule has 0 aliphatic heterocycles. The predicted molar refractivity (Wildman–Crippen MR) is 165 cm³/mol. The lowest BCUT2D eigenvalue weighted by atomic mass is 9.49. The van der Waals surface area contributed by atoms with Gasteiger partial charge in [0.2, 0.25) is 11.9 Å². The number of aromatic nitrogens is 3. The fraction of sp³-hybridized carbons (Fsp3) is 0.250. The van der Waals surface area contributed by atoms with Crippen molar-refractivity contribution in [3.8, 4) is 17.0 Å². The Kier molecular flexibility index (Phi) is 8.59. The van der Waals surface area contributed by atoms with Crippen LogP contribution in [0.25, 0.3) is 22.2 Å². The molecular formula is C28H30B3N7O2. The molecule has 4 rings (SSSR count). The van der Waals surface area contributed by atoms with Crippen molar-refractivity contribution in [1.29, 1.82) is 0 Å². The zero-order valence-electron chi connectivity index (χ0n) is 23.2. The predicted octanol–water partition coefficient (Wildman–Crippen LogP) is 3.05. The van der Waals surface area contributed by atoms with Gasteiger partial charge < -0.3 is 29.7 Å². The van der Waals surface area contributed by atoms with Gasteiger partial charge in [0.05, 0.1) is 53.4 Å². The number of hydrogen-bond acceptors (Lipinski definition) is 7. The van der Waals surface area contributed by atoms with Crippen LogP contribution in [0.1, 0.15) is 0 Å². The quantitative estimate of drug-likeness (QED) is 0.228. The first kappa shape index (κ1) is 28.8. The van der Waals surface area contributed by atoms with Gasteiger partial charge in [-0.1, -0.05) is 30.0 Å². The molecule has 0 saturated heterocycles. The van der Waals surface area contributed by atoms with Gasteiger partial charge in [0.1, 0.15) is 5.75 Å². The molecule has 2 aromatic carbocycles. The standard InChI is InChI=1S/C28H30B3N7O2/c1-6-26(39)33-21-15-22(25(40-5)16-24(21)37(4)14-13-36(2)3)35-27-32-12-11-20(34-27)19-17-38(28(29,30)31)23-10-8-7-9-18(19)23/h6-12,15-17H,1,13-14H2,2-5H3,(H,33,39)(H,32,34,35). The Hall–Kier alpha value is -4.18. The summed E-state index contributed by atoms with van der Waals surface area (Å²) in [5.74, 6) is 0.541. The van der Waals surface area contributed by atoms with Crippen LogP contribution >= 0.6 is 0 Å². The Morgan fingerprint density at radius 1 is 1.12 bits per heavy atom. The number of rotatable bonds is 11. The monoisotopic (exact) mass is 529 g/mol. The molecule has 0 fully saturated rings. The van der Waals surface area contributed by atoms with Gasteiger partial charge in [0, 0.05) is 55.1 Å². The molecule has 0 unspecified atom stereocenters. The van der Waals surface area contributed by atoms with Crippen LogP contribution in [-0.4, -0.2) is 90.2 Å². The highest BCUT2D eigenvalue weighted by molar-refractivity contribution is 6.57. The molecule has 0 bridgehead atoms. The minimum Gasteiger partial charge on any atom is -0.494 e. The molecule has 2 heterocycles. The first-order valence-corrected chi connectivity index (χ1v) is 12.6. The molecule has 4 aromatic rings. The van der Waals surface area contributed by atoms with Crippen LogP contribution in [0.4, 0.5) is 23.0 Å². The Labute approximate surface area is 238 Å². The Bertz CT molecular complexity index is 1530. The van der Waals surface area contributed by atoms with Crippen LogP contribution in [0.5, 0.6) is 5.75 Å². The van der Waals surface area contributed by atoms with E-state index in [1.54, 1.807) is 36.2 Å². The molecule has 0 saturated carbocycles. The van der Waals surface area contributed by atoms with E-state index in [1.807, 2.05) is 56.4 Å². The van der Waals surface area contributed by atoms with Gasteiger partial charge in [-0.3, -0.25) is 4.79 Å². The topological polar surface area (TPSA) is 87.6 Å². The third kappa shape index (κ3) is 6.34.